The fourth-order valence-electron chi connectivity index (χ4n) is 2.14. The Labute approximate surface area is 159 Å². The third kappa shape index (κ3) is 3.91. The SMILES string of the molecule is O=Cc1ccc(C=C2SC(=S)N(NS(=O)(=O)c3ccccc3)C2=O)cc1. The van der Waals surface area contributed by atoms with Gasteiger partial charge in [-0.05, 0) is 23.8 Å². The Morgan fingerprint density at radius 1 is 1.00 bits per heavy atom. The molecule has 9 heteroatoms. The Hall–Kier alpha value is -2.33. The van der Waals surface area contributed by atoms with Gasteiger partial charge in [0.05, 0.1) is 9.80 Å². The molecule has 2 aromatic carbocycles. The van der Waals surface area contributed by atoms with Crippen molar-refractivity contribution >= 4 is 56.6 Å². The van der Waals surface area contributed by atoms with Gasteiger partial charge >= 0.3 is 0 Å². The number of hydrogen-bond donors (Lipinski definition) is 1. The van der Waals surface area contributed by atoms with Crippen LogP contribution in [0.4, 0.5) is 0 Å². The quantitative estimate of drug-likeness (QED) is 0.469. The second kappa shape index (κ2) is 7.50. The van der Waals surface area contributed by atoms with Gasteiger partial charge in [-0.15, -0.1) is 4.83 Å². The summed E-state index contributed by atoms with van der Waals surface area (Å²) in [5.74, 6) is -0.557. The molecule has 0 atom stereocenters. The van der Waals surface area contributed by atoms with Crippen LogP contribution in [-0.4, -0.2) is 29.9 Å². The van der Waals surface area contributed by atoms with Gasteiger partial charge in [0.2, 0.25) is 0 Å². The summed E-state index contributed by atoms with van der Waals surface area (Å²) in [6.45, 7) is 0. The van der Waals surface area contributed by atoms with Crippen LogP contribution >= 0.6 is 24.0 Å². The van der Waals surface area contributed by atoms with Gasteiger partial charge in [-0.1, -0.05) is 66.4 Å². The Kier molecular flexibility index (Phi) is 5.33. The zero-order valence-corrected chi connectivity index (χ0v) is 15.6. The van der Waals surface area contributed by atoms with Crippen molar-refractivity contribution in [3.63, 3.8) is 0 Å². The monoisotopic (exact) mass is 404 g/mol. The van der Waals surface area contributed by atoms with Crippen LogP contribution in [-0.2, 0) is 14.8 Å². The molecule has 0 aromatic heterocycles. The molecule has 0 bridgehead atoms. The first-order valence-electron chi connectivity index (χ1n) is 7.31. The zero-order valence-electron chi connectivity index (χ0n) is 13.2. The number of hydrogen-bond acceptors (Lipinski definition) is 6. The van der Waals surface area contributed by atoms with Crippen molar-refractivity contribution in [2.45, 2.75) is 4.90 Å². The molecule has 132 valence electrons. The van der Waals surface area contributed by atoms with Gasteiger partial charge in [0.15, 0.2) is 4.32 Å². The number of rotatable bonds is 5. The molecular formula is C17H12N2O4S3. The fraction of sp³-hybridized carbons (Fsp3) is 0. The Balaban J connectivity index is 1.82. The number of carbonyl (C=O) groups is 2. The number of aldehydes is 1. The topological polar surface area (TPSA) is 83.6 Å². The molecule has 6 nitrogen and oxygen atoms in total. The van der Waals surface area contributed by atoms with Gasteiger partial charge < -0.3 is 0 Å². The number of nitrogens with one attached hydrogen (secondary N) is 1. The minimum absolute atomic E-state index is 0.0301. The zero-order chi connectivity index (χ0) is 18.7. The van der Waals surface area contributed by atoms with Crippen molar-refractivity contribution in [1.29, 1.82) is 0 Å². The lowest BCUT2D eigenvalue weighted by molar-refractivity contribution is -0.123. The van der Waals surface area contributed by atoms with E-state index in [1.54, 1.807) is 48.5 Å². The van der Waals surface area contributed by atoms with Crippen LogP contribution in [0.2, 0.25) is 0 Å². The maximum Gasteiger partial charge on any atom is 0.281 e. The molecule has 0 spiro atoms. The lowest BCUT2D eigenvalue weighted by atomic mass is 10.1. The van der Waals surface area contributed by atoms with Crippen LogP contribution in [0, 0.1) is 0 Å². The predicted molar refractivity (Wildman–Crippen MR) is 104 cm³/mol. The number of benzene rings is 2. The van der Waals surface area contributed by atoms with E-state index in [4.69, 9.17) is 12.2 Å². The van der Waals surface area contributed by atoms with E-state index in [2.05, 4.69) is 4.83 Å². The molecule has 3 rings (SSSR count). The first-order valence-corrected chi connectivity index (χ1v) is 10.0. The van der Waals surface area contributed by atoms with E-state index in [1.165, 1.54) is 12.1 Å². The van der Waals surface area contributed by atoms with Gasteiger partial charge in [0, 0.05) is 5.56 Å². The smallest absolute Gasteiger partial charge is 0.281 e. The summed E-state index contributed by atoms with van der Waals surface area (Å²) in [6, 6.07) is 14.3. The van der Waals surface area contributed by atoms with Crippen LogP contribution < -0.4 is 4.83 Å². The average molecular weight is 404 g/mol. The van der Waals surface area contributed by atoms with Gasteiger partial charge in [-0.25, -0.2) is 13.4 Å². The molecule has 1 N–H and O–H groups in total. The summed E-state index contributed by atoms with van der Waals surface area (Å²) < 4.78 is 24.9. The molecule has 1 heterocycles. The second-order valence-electron chi connectivity index (χ2n) is 5.21. The molecule has 0 unspecified atom stereocenters. The molecular weight excluding hydrogens is 392 g/mol. The number of carbonyl (C=O) groups excluding carboxylic acids is 2. The normalized spacial score (nSPS) is 16.3. The van der Waals surface area contributed by atoms with E-state index in [0.29, 0.717) is 11.1 Å². The Morgan fingerprint density at radius 3 is 2.23 bits per heavy atom. The largest absolute Gasteiger partial charge is 0.298 e. The maximum atomic E-state index is 12.5. The Bertz CT molecular complexity index is 1000. The maximum absolute atomic E-state index is 12.5. The highest BCUT2D eigenvalue weighted by Crippen LogP contribution is 2.32. The third-order valence-corrected chi connectivity index (χ3v) is 6.05. The summed E-state index contributed by atoms with van der Waals surface area (Å²) in [5, 5.41) is 0.841. The van der Waals surface area contributed by atoms with Crippen LogP contribution in [0.3, 0.4) is 0 Å². The van der Waals surface area contributed by atoms with E-state index < -0.39 is 15.9 Å². The lowest BCUT2D eigenvalue weighted by Crippen LogP contribution is -2.44. The van der Waals surface area contributed by atoms with E-state index in [9.17, 15) is 18.0 Å². The highest BCUT2D eigenvalue weighted by Gasteiger charge is 2.35. The highest BCUT2D eigenvalue weighted by atomic mass is 32.2. The van der Waals surface area contributed by atoms with Gasteiger partial charge in [-0.2, -0.15) is 0 Å². The van der Waals surface area contributed by atoms with Crippen molar-refractivity contribution in [3.05, 3.63) is 70.6 Å². The average Bonchev–Trinajstić information content (AvgIpc) is 2.90. The van der Waals surface area contributed by atoms with E-state index in [1.807, 2.05) is 0 Å². The summed E-state index contributed by atoms with van der Waals surface area (Å²) in [5.41, 5.74) is 1.22. The van der Waals surface area contributed by atoms with Crippen molar-refractivity contribution < 1.29 is 18.0 Å². The number of hydrazine groups is 1. The highest BCUT2D eigenvalue weighted by molar-refractivity contribution is 8.26. The van der Waals surface area contributed by atoms with Crippen LogP contribution in [0.25, 0.3) is 6.08 Å². The van der Waals surface area contributed by atoms with Crippen molar-refractivity contribution in [2.24, 2.45) is 0 Å². The van der Waals surface area contributed by atoms with Gasteiger partial charge in [-0.3, -0.25) is 9.59 Å². The summed E-state index contributed by atoms with van der Waals surface area (Å²) in [6.07, 6.45) is 2.31. The molecule has 1 amide bonds. The summed E-state index contributed by atoms with van der Waals surface area (Å²) in [4.78, 5) is 25.7. The van der Waals surface area contributed by atoms with Crippen molar-refractivity contribution in [1.82, 2.24) is 9.84 Å². The fourth-order valence-corrected chi connectivity index (χ4v) is 4.47. The minimum atomic E-state index is -3.93. The van der Waals surface area contributed by atoms with E-state index in [0.717, 1.165) is 23.1 Å². The lowest BCUT2D eigenvalue weighted by Gasteiger charge is -2.15. The standard InChI is InChI=1S/C17H12N2O4S3/c20-11-13-8-6-12(7-9-13)10-15-16(21)19(17(24)25-15)18-26(22,23)14-4-2-1-3-5-14/h1-11,18H. The predicted octanol–water partition coefficient (Wildman–Crippen LogP) is 2.59. The first-order chi connectivity index (χ1) is 12.4. The number of nitrogens with zero attached hydrogens (tertiary/aromatic N) is 1. The molecule has 0 saturated carbocycles. The van der Waals surface area contributed by atoms with E-state index in [-0.39, 0.29) is 14.1 Å². The number of thiocarbonyl (C=S) groups is 1. The molecule has 1 aliphatic heterocycles. The Morgan fingerprint density at radius 2 is 1.62 bits per heavy atom. The summed E-state index contributed by atoms with van der Waals surface area (Å²) in [7, 11) is -3.93. The van der Waals surface area contributed by atoms with Crippen molar-refractivity contribution in [2.75, 3.05) is 0 Å². The van der Waals surface area contributed by atoms with Crippen LogP contribution in [0.1, 0.15) is 15.9 Å². The second-order valence-corrected chi connectivity index (χ2v) is 8.55. The molecule has 1 aliphatic rings. The molecule has 2 aromatic rings. The van der Waals surface area contributed by atoms with Crippen molar-refractivity contribution in [3.8, 4) is 0 Å². The molecule has 26 heavy (non-hydrogen) atoms. The molecule has 0 radical (unpaired) electrons. The molecule has 1 saturated heterocycles. The summed E-state index contributed by atoms with van der Waals surface area (Å²) >= 11 is 6.12. The van der Waals surface area contributed by atoms with Crippen LogP contribution in [0.15, 0.2) is 64.4 Å². The van der Waals surface area contributed by atoms with Gasteiger partial charge in [0.25, 0.3) is 15.9 Å². The number of sulfonamides is 1. The third-order valence-electron chi connectivity index (χ3n) is 3.43. The van der Waals surface area contributed by atoms with Crippen LogP contribution in [0.5, 0.6) is 0 Å². The number of thioether (sulfide) groups is 1. The van der Waals surface area contributed by atoms with Gasteiger partial charge in [0.1, 0.15) is 6.29 Å². The molecule has 0 aliphatic carbocycles. The van der Waals surface area contributed by atoms with E-state index >= 15 is 0 Å². The molecule has 1 fully saturated rings. The first kappa shape index (κ1) is 18.5. The minimum Gasteiger partial charge on any atom is -0.298 e. The number of amides is 1.